The Bertz CT molecular complexity index is 697. The van der Waals surface area contributed by atoms with Gasteiger partial charge >= 0.3 is 0 Å². The van der Waals surface area contributed by atoms with E-state index in [-0.39, 0.29) is 16.3 Å². The van der Waals surface area contributed by atoms with Crippen LogP contribution < -0.4 is 0 Å². The molecule has 1 saturated heterocycles. The molecular formula is C10H17N3O4S2. The zero-order valence-electron chi connectivity index (χ0n) is 11.1. The van der Waals surface area contributed by atoms with Gasteiger partial charge in [0.25, 0.3) is 10.0 Å². The fourth-order valence-corrected chi connectivity index (χ4v) is 5.15. The van der Waals surface area contributed by atoms with Crippen LogP contribution in [-0.2, 0) is 20.0 Å². The summed E-state index contributed by atoms with van der Waals surface area (Å²) < 4.78 is 50.3. The Labute approximate surface area is 113 Å². The van der Waals surface area contributed by atoms with Crippen molar-refractivity contribution in [1.82, 2.24) is 13.5 Å². The lowest BCUT2D eigenvalue weighted by Crippen LogP contribution is -2.28. The minimum Gasteiger partial charge on any atom is -0.207 e. The van der Waals surface area contributed by atoms with Crippen LogP contribution in [0.25, 0.3) is 0 Å². The molecule has 9 heteroatoms. The van der Waals surface area contributed by atoms with Crippen molar-refractivity contribution in [3.8, 4) is 0 Å². The third kappa shape index (κ3) is 2.41. The molecule has 19 heavy (non-hydrogen) atoms. The highest BCUT2D eigenvalue weighted by molar-refractivity contribution is 7.90. The Balaban J connectivity index is 2.61. The molecule has 1 aromatic rings. The van der Waals surface area contributed by atoms with Crippen LogP contribution >= 0.6 is 0 Å². The first-order valence-corrected chi connectivity index (χ1v) is 9.21. The van der Waals surface area contributed by atoms with Gasteiger partial charge in [-0.15, -0.1) is 0 Å². The number of nitrogens with zero attached hydrogens (tertiary/aromatic N) is 3. The van der Waals surface area contributed by atoms with Crippen molar-refractivity contribution in [3.63, 3.8) is 0 Å². The van der Waals surface area contributed by atoms with E-state index in [1.54, 1.807) is 0 Å². The molecule has 0 aromatic carbocycles. The summed E-state index contributed by atoms with van der Waals surface area (Å²) >= 11 is 0. The second kappa shape index (κ2) is 4.57. The summed E-state index contributed by atoms with van der Waals surface area (Å²) in [7, 11) is -7.25. The molecule has 0 spiro atoms. The van der Waals surface area contributed by atoms with Crippen molar-refractivity contribution in [2.24, 2.45) is 0 Å². The van der Waals surface area contributed by atoms with Gasteiger partial charge in [0.1, 0.15) is 4.90 Å². The summed E-state index contributed by atoms with van der Waals surface area (Å²) in [4.78, 5) is 0.0137. The average Bonchev–Trinajstić information content (AvgIpc) is 2.85. The minimum absolute atomic E-state index is 0.0137. The van der Waals surface area contributed by atoms with E-state index in [2.05, 4.69) is 5.10 Å². The fraction of sp³-hybridized carbons (Fsp3) is 0.700. The molecule has 0 saturated carbocycles. The van der Waals surface area contributed by atoms with Crippen molar-refractivity contribution in [2.75, 3.05) is 19.3 Å². The molecule has 108 valence electrons. The Morgan fingerprint density at radius 3 is 2.00 bits per heavy atom. The van der Waals surface area contributed by atoms with Crippen LogP contribution in [0.3, 0.4) is 0 Å². The maximum absolute atomic E-state index is 12.5. The number of hydrogen-bond donors (Lipinski definition) is 0. The SMILES string of the molecule is Cc1nn(S(C)(=O)=O)c(C)c1S(=O)(=O)N1CCCC1. The van der Waals surface area contributed by atoms with Gasteiger partial charge in [-0.05, 0) is 26.7 Å². The van der Waals surface area contributed by atoms with E-state index >= 15 is 0 Å². The third-order valence-corrected chi connectivity index (χ3v) is 6.30. The molecule has 0 amide bonds. The molecule has 0 bridgehead atoms. The van der Waals surface area contributed by atoms with Gasteiger partial charge in [0.05, 0.1) is 17.6 Å². The summed E-state index contributed by atoms with van der Waals surface area (Å²) in [6, 6.07) is 0. The summed E-state index contributed by atoms with van der Waals surface area (Å²) in [5.41, 5.74) is 0.363. The lowest BCUT2D eigenvalue weighted by molar-refractivity contribution is 0.476. The number of hydrogen-bond acceptors (Lipinski definition) is 5. The minimum atomic E-state index is -3.65. The van der Waals surface area contributed by atoms with Gasteiger partial charge in [-0.2, -0.15) is 13.5 Å². The highest BCUT2D eigenvalue weighted by Gasteiger charge is 2.33. The Hall–Kier alpha value is -0.930. The van der Waals surface area contributed by atoms with Crippen LogP contribution in [0.2, 0.25) is 0 Å². The highest BCUT2D eigenvalue weighted by atomic mass is 32.2. The molecule has 0 radical (unpaired) electrons. The molecule has 0 atom stereocenters. The monoisotopic (exact) mass is 307 g/mol. The van der Waals surface area contributed by atoms with Gasteiger partial charge in [-0.3, -0.25) is 0 Å². The van der Waals surface area contributed by atoms with Crippen LogP contribution in [0.1, 0.15) is 24.2 Å². The standard InChI is InChI=1S/C10H17N3O4S2/c1-8-10(9(2)13(11-8)18(3,14)15)19(16,17)12-6-4-5-7-12/h4-7H2,1-3H3. The molecule has 7 nitrogen and oxygen atoms in total. The van der Waals surface area contributed by atoms with Crippen molar-refractivity contribution in [2.45, 2.75) is 31.6 Å². The maximum atomic E-state index is 12.5. The molecule has 0 aliphatic carbocycles. The Kier molecular flexibility index (Phi) is 3.48. The largest absolute Gasteiger partial charge is 0.251 e. The van der Waals surface area contributed by atoms with Crippen LogP contribution in [0.5, 0.6) is 0 Å². The summed E-state index contributed by atoms with van der Waals surface area (Å²) in [5.74, 6) is 0. The highest BCUT2D eigenvalue weighted by Crippen LogP contribution is 2.26. The maximum Gasteiger partial charge on any atom is 0.251 e. The predicted molar refractivity (Wildman–Crippen MR) is 69.9 cm³/mol. The van der Waals surface area contributed by atoms with Gasteiger partial charge in [0, 0.05) is 13.1 Å². The quantitative estimate of drug-likeness (QED) is 0.789. The van der Waals surface area contributed by atoms with Crippen molar-refractivity contribution in [3.05, 3.63) is 11.4 Å². The van der Waals surface area contributed by atoms with E-state index in [0.29, 0.717) is 13.1 Å². The van der Waals surface area contributed by atoms with E-state index in [0.717, 1.165) is 23.2 Å². The van der Waals surface area contributed by atoms with Crippen LogP contribution in [-0.4, -0.2) is 49.7 Å². The summed E-state index contributed by atoms with van der Waals surface area (Å²) in [6.07, 6.45) is 2.66. The molecule has 1 aromatic heterocycles. The molecule has 0 N–H and O–H groups in total. The predicted octanol–water partition coefficient (Wildman–Crippen LogP) is 0.0921. The van der Waals surface area contributed by atoms with Gasteiger partial charge < -0.3 is 0 Å². The lowest BCUT2D eigenvalue weighted by Gasteiger charge is -2.15. The van der Waals surface area contributed by atoms with Crippen LogP contribution in [0.4, 0.5) is 0 Å². The Morgan fingerprint density at radius 2 is 1.58 bits per heavy atom. The molecule has 1 aliphatic rings. The van der Waals surface area contributed by atoms with E-state index < -0.39 is 20.0 Å². The van der Waals surface area contributed by atoms with Crippen molar-refractivity contribution >= 4 is 20.0 Å². The fourth-order valence-electron chi connectivity index (χ4n) is 2.36. The van der Waals surface area contributed by atoms with Gasteiger partial charge in [0.2, 0.25) is 10.0 Å². The first kappa shape index (κ1) is 14.5. The zero-order chi connectivity index (χ0) is 14.4. The third-order valence-electron chi connectivity index (χ3n) is 3.16. The van der Waals surface area contributed by atoms with E-state index in [1.807, 2.05) is 0 Å². The zero-order valence-corrected chi connectivity index (χ0v) is 12.8. The van der Waals surface area contributed by atoms with Crippen LogP contribution in [0, 0.1) is 13.8 Å². The first-order valence-electron chi connectivity index (χ1n) is 5.92. The Morgan fingerprint density at radius 1 is 1.05 bits per heavy atom. The average molecular weight is 307 g/mol. The smallest absolute Gasteiger partial charge is 0.207 e. The number of sulfonamides is 1. The van der Waals surface area contributed by atoms with Crippen molar-refractivity contribution < 1.29 is 16.8 Å². The van der Waals surface area contributed by atoms with E-state index in [9.17, 15) is 16.8 Å². The molecular weight excluding hydrogens is 290 g/mol. The first-order chi connectivity index (χ1) is 8.65. The number of aromatic nitrogens is 2. The van der Waals surface area contributed by atoms with E-state index in [4.69, 9.17) is 0 Å². The number of aryl methyl sites for hydroxylation is 1. The van der Waals surface area contributed by atoms with Gasteiger partial charge in [0.15, 0.2) is 0 Å². The lowest BCUT2D eigenvalue weighted by atomic mass is 10.4. The molecule has 1 fully saturated rings. The topological polar surface area (TPSA) is 89.3 Å². The normalized spacial score (nSPS) is 18.1. The molecule has 2 heterocycles. The van der Waals surface area contributed by atoms with Gasteiger partial charge in [-0.25, -0.2) is 16.8 Å². The molecule has 1 aliphatic heterocycles. The molecule has 0 unspecified atom stereocenters. The number of rotatable bonds is 3. The summed E-state index contributed by atoms with van der Waals surface area (Å²) in [6.45, 7) is 3.93. The van der Waals surface area contributed by atoms with Crippen LogP contribution in [0.15, 0.2) is 4.90 Å². The van der Waals surface area contributed by atoms with Crippen molar-refractivity contribution in [1.29, 1.82) is 0 Å². The second-order valence-corrected chi connectivity index (χ2v) is 8.40. The molecule has 2 rings (SSSR count). The second-order valence-electron chi connectivity index (χ2n) is 4.72. The van der Waals surface area contributed by atoms with Gasteiger partial charge in [-0.1, -0.05) is 0 Å². The summed E-state index contributed by atoms with van der Waals surface area (Å²) in [5, 5.41) is 3.84. The van der Waals surface area contributed by atoms with E-state index in [1.165, 1.54) is 18.2 Å².